The summed E-state index contributed by atoms with van der Waals surface area (Å²) >= 11 is 0. The van der Waals surface area contributed by atoms with Crippen molar-refractivity contribution in [2.45, 2.75) is 38.2 Å². The third kappa shape index (κ3) is 7.43. The van der Waals surface area contributed by atoms with Gasteiger partial charge in [-0.3, -0.25) is 9.59 Å². The Labute approximate surface area is 250 Å². The summed E-state index contributed by atoms with van der Waals surface area (Å²) in [5.74, 6) is -0.302. The minimum atomic E-state index is -0.865. The number of carbonyl (C=O) groups excluding carboxylic acids is 2. The molecule has 1 heterocycles. The van der Waals surface area contributed by atoms with Crippen molar-refractivity contribution >= 4 is 11.8 Å². The maximum absolute atomic E-state index is 13.9. The molecule has 0 aromatic heterocycles. The number of hydrogen-bond donors (Lipinski definition) is 1. The molecule has 230 valence electrons. The first kappa shape index (κ1) is 31.7. The molecular formula is C33H38F2N2O6. The minimum absolute atomic E-state index is 0.0527. The van der Waals surface area contributed by atoms with Gasteiger partial charge in [-0.1, -0.05) is 24.3 Å². The lowest BCUT2D eigenvalue weighted by atomic mass is 9.84. The molecule has 1 aliphatic rings. The van der Waals surface area contributed by atoms with E-state index in [2.05, 4.69) is 0 Å². The summed E-state index contributed by atoms with van der Waals surface area (Å²) in [6, 6.07) is 13.8. The first-order chi connectivity index (χ1) is 20.7. The van der Waals surface area contributed by atoms with Crippen LogP contribution >= 0.6 is 0 Å². The number of piperazine rings is 1. The summed E-state index contributed by atoms with van der Waals surface area (Å²) in [4.78, 5) is 29.6. The van der Waals surface area contributed by atoms with Crippen LogP contribution in [0, 0.1) is 18.6 Å². The van der Waals surface area contributed by atoms with Crippen LogP contribution in [0.2, 0.25) is 0 Å². The lowest BCUT2D eigenvalue weighted by Crippen LogP contribution is -2.50. The van der Waals surface area contributed by atoms with Crippen LogP contribution in [0.3, 0.4) is 0 Å². The number of aliphatic hydroxyl groups excluding tert-OH is 1. The lowest BCUT2D eigenvalue weighted by Gasteiger charge is -2.35. The molecule has 10 heteroatoms. The summed E-state index contributed by atoms with van der Waals surface area (Å²) in [6.45, 7) is 3.19. The highest BCUT2D eigenvalue weighted by Crippen LogP contribution is 2.38. The monoisotopic (exact) mass is 596 g/mol. The minimum Gasteiger partial charge on any atom is -0.493 e. The summed E-state index contributed by atoms with van der Waals surface area (Å²) < 4.78 is 43.6. The van der Waals surface area contributed by atoms with Crippen molar-refractivity contribution in [1.82, 2.24) is 9.80 Å². The molecule has 8 nitrogen and oxygen atoms in total. The molecule has 0 bridgehead atoms. The van der Waals surface area contributed by atoms with Gasteiger partial charge in [0.2, 0.25) is 11.7 Å². The number of hydrogen-bond acceptors (Lipinski definition) is 6. The third-order valence-corrected chi connectivity index (χ3v) is 7.88. The molecule has 0 spiro atoms. The zero-order valence-electron chi connectivity index (χ0n) is 24.9. The van der Waals surface area contributed by atoms with Crippen LogP contribution in [0.1, 0.15) is 52.2 Å². The zero-order valence-corrected chi connectivity index (χ0v) is 24.9. The fourth-order valence-electron chi connectivity index (χ4n) is 5.50. The number of aliphatic hydroxyl groups is 1. The molecule has 1 aliphatic heterocycles. The van der Waals surface area contributed by atoms with Gasteiger partial charge in [0.1, 0.15) is 11.6 Å². The molecule has 1 saturated heterocycles. The van der Waals surface area contributed by atoms with E-state index in [4.69, 9.17) is 14.2 Å². The highest BCUT2D eigenvalue weighted by atomic mass is 19.1. The maximum Gasteiger partial charge on any atom is 0.254 e. The molecule has 43 heavy (non-hydrogen) atoms. The van der Waals surface area contributed by atoms with Crippen molar-refractivity contribution in [1.29, 1.82) is 0 Å². The Bertz CT molecular complexity index is 1400. The van der Waals surface area contributed by atoms with Gasteiger partial charge in [0, 0.05) is 44.1 Å². The maximum atomic E-state index is 13.9. The van der Waals surface area contributed by atoms with Gasteiger partial charge < -0.3 is 29.1 Å². The summed E-state index contributed by atoms with van der Waals surface area (Å²) in [5.41, 5.74) is 2.28. The number of rotatable bonds is 11. The Morgan fingerprint density at radius 2 is 1.42 bits per heavy atom. The molecule has 0 radical (unpaired) electrons. The Balaban J connectivity index is 1.33. The van der Waals surface area contributed by atoms with Gasteiger partial charge in [-0.15, -0.1) is 0 Å². The van der Waals surface area contributed by atoms with Gasteiger partial charge in [-0.25, -0.2) is 8.78 Å². The van der Waals surface area contributed by atoms with Crippen molar-refractivity contribution < 1.29 is 37.7 Å². The highest BCUT2D eigenvalue weighted by molar-refractivity contribution is 5.96. The largest absolute Gasteiger partial charge is 0.493 e. The normalized spacial score (nSPS) is 14.7. The lowest BCUT2D eigenvalue weighted by molar-refractivity contribution is -0.132. The summed E-state index contributed by atoms with van der Waals surface area (Å²) in [6.07, 6.45) is 0.124. The van der Waals surface area contributed by atoms with E-state index >= 15 is 0 Å². The molecule has 2 unspecified atom stereocenters. The number of aryl methyl sites for hydroxylation is 1. The second kappa shape index (κ2) is 14.3. The van der Waals surface area contributed by atoms with E-state index in [1.165, 1.54) is 39.5 Å². The van der Waals surface area contributed by atoms with Crippen molar-refractivity contribution in [3.63, 3.8) is 0 Å². The quantitative estimate of drug-likeness (QED) is 0.337. The van der Waals surface area contributed by atoms with Crippen LogP contribution < -0.4 is 14.2 Å². The van der Waals surface area contributed by atoms with Crippen LogP contribution in [0.4, 0.5) is 8.78 Å². The first-order valence-corrected chi connectivity index (χ1v) is 14.2. The van der Waals surface area contributed by atoms with Crippen molar-refractivity contribution in [3.8, 4) is 17.2 Å². The fraction of sp³-hybridized carbons (Fsp3) is 0.394. The van der Waals surface area contributed by atoms with Gasteiger partial charge in [0.25, 0.3) is 5.91 Å². The van der Waals surface area contributed by atoms with Crippen LogP contribution in [-0.4, -0.2) is 80.3 Å². The fourth-order valence-corrected chi connectivity index (χ4v) is 5.50. The number of methoxy groups -OCH3 is 3. The second-order valence-corrected chi connectivity index (χ2v) is 10.6. The average molecular weight is 597 g/mol. The number of ether oxygens (including phenoxy) is 3. The van der Waals surface area contributed by atoms with Gasteiger partial charge in [-0.2, -0.15) is 0 Å². The van der Waals surface area contributed by atoms with E-state index < -0.39 is 12.0 Å². The van der Waals surface area contributed by atoms with Gasteiger partial charge in [0.05, 0.1) is 27.4 Å². The van der Waals surface area contributed by atoms with E-state index in [0.717, 1.165) is 5.56 Å². The summed E-state index contributed by atoms with van der Waals surface area (Å²) in [7, 11) is 4.47. The SMILES string of the molecule is COc1cc(C(=O)N2CCN(C(=O)CCCC(O)C(c3ccc(F)cc3)c3ccc(F)c(C)c3)CC2)cc(OC)c1OC. The molecule has 3 aromatic carbocycles. The number of benzene rings is 3. The van der Waals surface area contributed by atoms with Gasteiger partial charge >= 0.3 is 0 Å². The predicted molar refractivity (Wildman–Crippen MR) is 158 cm³/mol. The van der Waals surface area contributed by atoms with Gasteiger partial charge in [0.15, 0.2) is 11.5 Å². The number of amides is 2. The number of halogens is 2. The topological polar surface area (TPSA) is 88.5 Å². The van der Waals surface area contributed by atoms with E-state index in [1.54, 1.807) is 53.1 Å². The number of carbonyl (C=O) groups is 2. The van der Waals surface area contributed by atoms with E-state index in [-0.39, 0.29) is 29.9 Å². The highest BCUT2D eigenvalue weighted by Gasteiger charge is 2.28. The Hall–Kier alpha value is -4.18. The molecule has 2 atom stereocenters. The smallest absolute Gasteiger partial charge is 0.254 e. The zero-order chi connectivity index (χ0) is 31.1. The molecule has 0 aliphatic carbocycles. The van der Waals surface area contributed by atoms with E-state index in [0.29, 0.717) is 73.0 Å². The molecule has 4 rings (SSSR count). The average Bonchev–Trinajstić information content (AvgIpc) is 3.02. The van der Waals surface area contributed by atoms with Crippen molar-refractivity contribution in [3.05, 3.63) is 88.5 Å². The standard InChI is InChI=1S/C33H38F2N2O6/c1-21-18-23(10-13-26(21)35)31(22-8-11-25(34)12-9-22)27(38)6-5-7-30(39)36-14-16-37(17-15-36)33(40)24-19-28(41-2)32(43-4)29(20-24)42-3/h8-13,18-20,27,31,38H,5-7,14-17H2,1-4H3. The van der Waals surface area contributed by atoms with Crippen LogP contribution in [0.15, 0.2) is 54.6 Å². The van der Waals surface area contributed by atoms with E-state index in [1.807, 2.05) is 0 Å². The summed E-state index contributed by atoms with van der Waals surface area (Å²) in [5, 5.41) is 11.2. The first-order valence-electron chi connectivity index (χ1n) is 14.2. The Morgan fingerprint density at radius 1 is 0.837 bits per heavy atom. The van der Waals surface area contributed by atoms with Gasteiger partial charge in [-0.05, 0) is 66.8 Å². The molecule has 0 saturated carbocycles. The van der Waals surface area contributed by atoms with Crippen molar-refractivity contribution in [2.24, 2.45) is 0 Å². The van der Waals surface area contributed by atoms with Crippen LogP contribution in [0.25, 0.3) is 0 Å². The van der Waals surface area contributed by atoms with Crippen LogP contribution in [-0.2, 0) is 4.79 Å². The Kier molecular flexibility index (Phi) is 10.6. The molecule has 1 fully saturated rings. The third-order valence-electron chi connectivity index (χ3n) is 7.88. The molecule has 2 amide bonds. The molecule has 3 aromatic rings. The molecular weight excluding hydrogens is 558 g/mol. The second-order valence-electron chi connectivity index (χ2n) is 10.6. The predicted octanol–water partition coefficient (Wildman–Crippen LogP) is 4.95. The van der Waals surface area contributed by atoms with Crippen molar-refractivity contribution in [2.75, 3.05) is 47.5 Å². The van der Waals surface area contributed by atoms with E-state index in [9.17, 15) is 23.5 Å². The van der Waals surface area contributed by atoms with Crippen LogP contribution in [0.5, 0.6) is 17.2 Å². The number of nitrogens with zero attached hydrogens (tertiary/aromatic N) is 2. The molecule has 1 N–H and O–H groups in total. The Morgan fingerprint density at radius 3 is 1.98 bits per heavy atom.